The molecule has 136 valence electrons. The van der Waals surface area contributed by atoms with Gasteiger partial charge in [0.2, 0.25) is 0 Å². The monoisotopic (exact) mass is 351 g/mol. The number of hydrogen-bond acceptors (Lipinski definition) is 4. The van der Waals surface area contributed by atoms with E-state index in [-0.39, 0.29) is 11.9 Å². The maximum absolute atomic E-state index is 12.5. The number of carbonyl (C=O) groups is 1. The first-order valence-electron chi connectivity index (χ1n) is 8.93. The second-order valence-corrected chi connectivity index (χ2v) is 6.64. The minimum Gasteiger partial charge on any atom is -0.489 e. The molecule has 3 rings (SSSR count). The average molecular weight is 351 g/mol. The number of carbonyl (C=O) groups excluding carboxylic acids is 1. The summed E-state index contributed by atoms with van der Waals surface area (Å²) < 4.78 is 5.78. The van der Waals surface area contributed by atoms with Crippen LogP contribution in [-0.4, -0.2) is 42.0 Å². The fraction of sp³-hybridized carbons (Fsp3) is 0.333. The first-order chi connectivity index (χ1) is 12.6. The van der Waals surface area contributed by atoms with E-state index in [0.717, 1.165) is 25.1 Å². The lowest BCUT2D eigenvalue weighted by molar-refractivity contribution is 0.0938. The number of pyridine rings is 1. The smallest absolute Gasteiger partial charge is 0.270 e. The van der Waals surface area contributed by atoms with Crippen LogP contribution in [0, 0.1) is 0 Å². The van der Waals surface area contributed by atoms with Crippen LogP contribution in [0.25, 0.3) is 0 Å². The summed E-state index contributed by atoms with van der Waals surface area (Å²) in [6.45, 7) is 4.43. The van der Waals surface area contributed by atoms with Gasteiger partial charge in [0.1, 0.15) is 18.1 Å². The van der Waals surface area contributed by atoms with Crippen molar-refractivity contribution >= 4 is 5.91 Å². The van der Waals surface area contributed by atoms with Gasteiger partial charge < -0.3 is 15.0 Å². The van der Waals surface area contributed by atoms with Crippen LogP contribution in [0.3, 0.4) is 0 Å². The van der Waals surface area contributed by atoms with Gasteiger partial charge in [-0.1, -0.05) is 36.4 Å². The van der Waals surface area contributed by atoms with E-state index in [1.54, 1.807) is 18.3 Å². The maximum Gasteiger partial charge on any atom is 0.270 e. The topological polar surface area (TPSA) is 54.5 Å². The summed E-state index contributed by atoms with van der Waals surface area (Å²) in [7, 11) is 2.10. The van der Waals surface area contributed by atoms with Crippen LogP contribution in [0.1, 0.15) is 29.4 Å². The summed E-state index contributed by atoms with van der Waals surface area (Å²) in [5, 5.41) is 3.04. The number of nitrogens with zero attached hydrogens (tertiary/aromatic N) is 2. The summed E-state index contributed by atoms with van der Waals surface area (Å²) in [6.07, 6.45) is 4.78. The molecule has 26 heavy (non-hydrogen) atoms. The molecule has 0 spiro atoms. The van der Waals surface area contributed by atoms with Gasteiger partial charge in [0.05, 0.1) is 0 Å². The fourth-order valence-electron chi connectivity index (χ4n) is 2.91. The number of ether oxygens (including phenoxy) is 1. The summed E-state index contributed by atoms with van der Waals surface area (Å²) in [4.78, 5) is 19.0. The number of rotatable bonds is 6. The third kappa shape index (κ3) is 4.92. The molecule has 1 aliphatic rings. The van der Waals surface area contributed by atoms with Crippen molar-refractivity contribution in [3.05, 3.63) is 71.6 Å². The quantitative estimate of drug-likeness (QED) is 0.813. The Morgan fingerprint density at radius 2 is 2.12 bits per heavy atom. The molecule has 2 heterocycles. The molecule has 0 bridgehead atoms. The molecule has 1 aromatic heterocycles. The van der Waals surface area contributed by atoms with Crippen molar-refractivity contribution in [1.82, 2.24) is 15.2 Å². The van der Waals surface area contributed by atoms with Gasteiger partial charge in [-0.25, -0.2) is 0 Å². The van der Waals surface area contributed by atoms with Gasteiger partial charge in [0, 0.05) is 31.4 Å². The Hall–Kier alpha value is -2.66. The molecule has 0 saturated carbocycles. The number of aromatic nitrogens is 1. The Labute approximate surface area is 154 Å². The number of likely N-dealkylation sites (N-methyl/N-ethyl adjacent to an activating group) is 1. The number of amides is 1. The van der Waals surface area contributed by atoms with Gasteiger partial charge in [-0.3, -0.25) is 9.78 Å². The highest BCUT2D eigenvalue weighted by Crippen LogP contribution is 2.16. The molecular formula is C21H25N3O2. The van der Waals surface area contributed by atoms with Gasteiger partial charge in [-0.2, -0.15) is 0 Å². The van der Waals surface area contributed by atoms with E-state index in [1.807, 2.05) is 37.3 Å². The minimum atomic E-state index is -0.178. The predicted molar refractivity (Wildman–Crippen MR) is 102 cm³/mol. The van der Waals surface area contributed by atoms with Gasteiger partial charge in [-0.05, 0) is 37.6 Å². The molecule has 5 nitrogen and oxygen atoms in total. The largest absolute Gasteiger partial charge is 0.489 e. The first kappa shape index (κ1) is 18.1. The highest BCUT2D eigenvalue weighted by Gasteiger charge is 2.17. The lowest BCUT2D eigenvalue weighted by atomic mass is 10.0. The van der Waals surface area contributed by atoms with Crippen LogP contribution in [0.4, 0.5) is 0 Å². The molecule has 1 N–H and O–H groups in total. The Morgan fingerprint density at radius 1 is 1.31 bits per heavy atom. The van der Waals surface area contributed by atoms with Gasteiger partial charge in [0.25, 0.3) is 5.91 Å². The van der Waals surface area contributed by atoms with Crippen LogP contribution < -0.4 is 10.1 Å². The molecular weight excluding hydrogens is 326 g/mol. The van der Waals surface area contributed by atoms with E-state index >= 15 is 0 Å². The molecule has 1 aromatic carbocycles. The van der Waals surface area contributed by atoms with Crippen molar-refractivity contribution in [3.8, 4) is 5.75 Å². The lowest BCUT2D eigenvalue weighted by Gasteiger charge is -2.26. The van der Waals surface area contributed by atoms with E-state index in [0.29, 0.717) is 18.1 Å². The SMILES string of the molecule is CC(NC(=O)c1cc(OCc2ccccc2)ccn1)C1=CCN(C)CC1. The third-order valence-electron chi connectivity index (χ3n) is 4.56. The second kappa shape index (κ2) is 8.63. The van der Waals surface area contributed by atoms with Crippen LogP contribution in [0.15, 0.2) is 60.3 Å². The highest BCUT2D eigenvalue weighted by atomic mass is 16.5. The summed E-state index contributed by atoms with van der Waals surface area (Å²) in [6, 6.07) is 13.4. The average Bonchev–Trinajstić information content (AvgIpc) is 2.68. The number of hydrogen-bond donors (Lipinski definition) is 1. The summed E-state index contributed by atoms with van der Waals surface area (Å²) >= 11 is 0. The molecule has 0 saturated heterocycles. The van der Waals surface area contributed by atoms with Crippen molar-refractivity contribution in [1.29, 1.82) is 0 Å². The van der Waals surface area contributed by atoms with Crippen molar-refractivity contribution in [3.63, 3.8) is 0 Å². The predicted octanol–water partition coefficient (Wildman–Crippen LogP) is 3.04. The normalized spacial score (nSPS) is 15.8. The molecule has 1 amide bonds. The van der Waals surface area contributed by atoms with E-state index in [9.17, 15) is 4.79 Å². The van der Waals surface area contributed by atoms with E-state index in [2.05, 4.69) is 28.3 Å². The van der Waals surface area contributed by atoms with Crippen molar-refractivity contribution in [2.45, 2.75) is 26.0 Å². The maximum atomic E-state index is 12.5. The van der Waals surface area contributed by atoms with E-state index in [4.69, 9.17) is 4.74 Å². The zero-order valence-electron chi connectivity index (χ0n) is 15.3. The van der Waals surface area contributed by atoms with Crippen molar-refractivity contribution < 1.29 is 9.53 Å². The second-order valence-electron chi connectivity index (χ2n) is 6.64. The van der Waals surface area contributed by atoms with Gasteiger partial charge in [-0.15, -0.1) is 0 Å². The molecule has 1 atom stereocenters. The zero-order valence-corrected chi connectivity index (χ0v) is 15.3. The zero-order chi connectivity index (χ0) is 18.4. The molecule has 0 aliphatic carbocycles. The summed E-state index contributed by atoms with van der Waals surface area (Å²) in [5.41, 5.74) is 2.72. The van der Waals surface area contributed by atoms with Crippen LogP contribution >= 0.6 is 0 Å². The fourth-order valence-corrected chi connectivity index (χ4v) is 2.91. The lowest BCUT2D eigenvalue weighted by Crippen LogP contribution is -2.37. The van der Waals surface area contributed by atoms with Crippen LogP contribution in [0.2, 0.25) is 0 Å². The molecule has 1 unspecified atom stereocenters. The Bertz CT molecular complexity index is 774. The molecule has 2 aromatic rings. The molecule has 0 radical (unpaired) electrons. The van der Waals surface area contributed by atoms with E-state index in [1.165, 1.54) is 5.57 Å². The van der Waals surface area contributed by atoms with Crippen molar-refractivity contribution in [2.75, 3.05) is 20.1 Å². The minimum absolute atomic E-state index is 0.00638. The third-order valence-corrected chi connectivity index (χ3v) is 4.56. The standard InChI is InChI=1S/C21H25N3O2/c1-16(18-9-12-24(2)13-10-18)23-21(25)20-14-19(8-11-22-20)26-15-17-6-4-3-5-7-17/h3-9,11,14,16H,10,12-13,15H2,1-2H3,(H,23,25). The van der Waals surface area contributed by atoms with E-state index < -0.39 is 0 Å². The van der Waals surface area contributed by atoms with Gasteiger partial charge >= 0.3 is 0 Å². The Kier molecular flexibility index (Phi) is 6.02. The van der Waals surface area contributed by atoms with Gasteiger partial charge in [0.15, 0.2) is 0 Å². The molecule has 5 heteroatoms. The first-order valence-corrected chi connectivity index (χ1v) is 8.93. The molecule has 0 fully saturated rings. The van der Waals surface area contributed by atoms with Crippen LogP contribution in [0.5, 0.6) is 5.75 Å². The highest BCUT2D eigenvalue weighted by molar-refractivity contribution is 5.93. The van der Waals surface area contributed by atoms with Crippen LogP contribution in [-0.2, 0) is 6.61 Å². The Balaban J connectivity index is 1.59. The number of benzene rings is 1. The van der Waals surface area contributed by atoms with Crippen molar-refractivity contribution in [2.24, 2.45) is 0 Å². The Morgan fingerprint density at radius 3 is 2.85 bits per heavy atom. The summed E-state index contributed by atoms with van der Waals surface area (Å²) in [5.74, 6) is 0.461. The molecule has 1 aliphatic heterocycles. The number of nitrogens with one attached hydrogen (secondary N) is 1.